The van der Waals surface area contributed by atoms with Crippen molar-refractivity contribution < 1.29 is 9.47 Å². The molecule has 0 spiro atoms. The van der Waals surface area contributed by atoms with E-state index in [4.69, 9.17) is 26.8 Å². The van der Waals surface area contributed by atoms with Gasteiger partial charge in [0, 0.05) is 28.4 Å². The molecule has 0 radical (unpaired) electrons. The maximum Gasteiger partial charge on any atom is 0.189 e. The van der Waals surface area contributed by atoms with Crippen LogP contribution in [0.15, 0.2) is 17.1 Å². The van der Waals surface area contributed by atoms with Crippen LogP contribution in [0, 0.1) is 0 Å². The molecule has 0 atom stereocenters. The molecule has 0 saturated carbocycles. The molecule has 1 aliphatic heterocycles. The van der Waals surface area contributed by atoms with Gasteiger partial charge < -0.3 is 15.2 Å². The first-order valence-electron chi connectivity index (χ1n) is 5.65. The summed E-state index contributed by atoms with van der Waals surface area (Å²) >= 11 is 7.56. The lowest BCUT2D eigenvalue weighted by molar-refractivity contribution is -0.0168. The fraction of sp³-hybridized carbons (Fsp3) is 0.417. The van der Waals surface area contributed by atoms with E-state index in [9.17, 15) is 0 Å². The number of amidine groups is 1. The number of fused-ring (bicyclic) bond motifs is 1. The Hall–Kier alpha value is -0.910. The number of benzene rings is 1. The second-order valence-corrected chi connectivity index (χ2v) is 5.20. The Labute approximate surface area is 116 Å². The van der Waals surface area contributed by atoms with E-state index >= 15 is 0 Å². The molecule has 0 fully saturated rings. The molecule has 1 aromatic carbocycles. The Balaban J connectivity index is 2.17. The number of halogens is 1. The number of aliphatic imine (C=N–C) groups is 1. The Bertz CT molecular complexity index is 466. The van der Waals surface area contributed by atoms with Crippen LogP contribution in [0.3, 0.4) is 0 Å². The summed E-state index contributed by atoms with van der Waals surface area (Å²) in [5.74, 6) is 1.56. The molecule has 1 aliphatic rings. The van der Waals surface area contributed by atoms with Gasteiger partial charge in [0.15, 0.2) is 12.0 Å². The summed E-state index contributed by atoms with van der Waals surface area (Å²) < 4.78 is 10.8. The van der Waals surface area contributed by atoms with Crippen LogP contribution in [0.2, 0.25) is 5.02 Å². The fourth-order valence-electron chi connectivity index (χ4n) is 1.72. The highest BCUT2D eigenvalue weighted by molar-refractivity contribution is 8.13. The van der Waals surface area contributed by atoms with Crippen molar-refractivity contribution in [2.24, 2.45) is 10.7 Å². The van der Waals surface area contributed by atoms with E-state index in [0.29, 0.717) is 29.1 Å². The third-order valence-corrected chi connectivity index (χ3v) is 3.54. The zero-order valence-electron chi connectivity index (χ0n) is 10.1. The molecule has 0 aliphatic carbocycles. The van der Waals surface area contributed by atoms with Gasteiger partial charge in [-0.25, -0.2) is 0 Å². The number of ether oxygens (including phenoxy) is 2. The van der Waals surface area contributed by atoms with Crippen LogP contribution in [0.4, 0.5) is 0 Å². The maximum atomic E-state index is 6.08. The molecule has 0 unspecified atom stereocenters. The van der Waals surface area contributed by atoms with Gasteiger partial charge in [-0.3, -0.25) is 4.99 Å². The molecule has 1 aromatic rings. The highest BCUT2D eigenvalue weighted by atomic mass is 35.5. The minimum absolute atomic E-state index is 0.283. The zero-order valence-corrected chi connectivity index (χ0v) is 11.7. The van der Waals surface area contributed by atoms with Crippen LogP contribution >= 0.6 is 23.4 Å². The first kappa shape index (κ1) is 13.5. The van der Waals surface area contributed by atoms with Gasteiger partial charge in [-0.1, -0.05) is 23.4 Å². The minimum Gasteiger partial charge on any atom is -0.467 e. The Morgan fingerprint density at radius 2 is 2.39 bits per heavy atom. The number of nitrogens with two attached hydrogens (primary N) is 1. The highest BCUT2D eigenvalue weighted by Gasteiger charge is 2.16. The zero-order chi connectivity index (χ0) is 13.0. The second-order valence-electron chi connectivity index (χ2n) is 3.77. The van der Waals surface area contributed by atoms with Crippen LogP contribution in [-0.2, 0) is 17.1 Å². The summed E-state index contributed by atoms with van der Waals surface area (Å²) in [7, 11) is 0. The standard InChI is InChI=1S/C12H15ClN2O2S/c1-2-15-12(14)18-6-9-4-10(13)3-8-5-16-7-17-11(8)9/h3-4H,2,5-7H2,1H3,(H2,14,15). The van der Waals surface area contributed by atoms with Crippen molar-refractivity contribution >= 4 is 28.5 Å². The molecular formula is C12H15ClN2O2S. The summed E-state index contributed by atoms with van der Waals surface area (Å²) in [6.45, 7) is 3.46. The molecule has 4 nitrogen and oxygen atoms in total. The Morgan fingerprint density at radius 1 is 1.56 bits per heavy atom. The van der Waals surface area contributed by atoms with Crippen molar-refractivity contribution in [2.75, 3.05) is 13.3 Å². The summed E-state index contributed by atoms with van der Waals surface area (Å²) in [6, 6.07) is 3.77. The number of rotatable bonds is 3. The maximum absolute atomic E-state index is 6.08. The molecule has 0 amide bonds. The van der Waals surface area contributed by atoms with Crippen LogP contribution in [0.1, 0.15) is 18.1 Å². The predicted octanol–water partition coefficient (Wildman–Crippen LogP) is 2.77. The van der Waals surface area contributed by atoms with Crippen molar-refractivity contribution in [1.29, 1.82) is 0 Å². The van der Waals surface area contributed by atoms with E-state index in [1.165, 1.54) is 11.8 Å². The molecule has 6 heteroatoms. The molecule has 98 valence electrons. The molecule has 0 saturated heterocycles. The van der Waals surface area contributed by atoms with E-state index in [1.54, 1.807) is 0 Å². The van der Waals surface area contributed by atoms with Gasteiger partial charge in [0.2, 0.25) is 0 Å². The third-order valence-electron chi connectivity index (χ3n) is 2.44. The van der Waals surface area contributed by atoms with Gasteiger partial charge in [0.25, 0.3) is 0 Å². The summed E-state index contributed by atoms with van der Waals surface area (Å²) in [4.78, 5) is 4.13. The van der Waals surface area contributed by atoms with Crippen LogP contribution in [0.5, 0.6) is 5.75 Å². The lowest BCUT2D eigenvalue weighted by Crippen LogP contribution is -2.13. The fourth-order valence-corrected chi connectivity index (χ4v) is 2.72. The van der Waals surface area contributed by atoms with Gasteiger partial charge in [0.1, 0.15) is 5.75 Å². The highest BCUT2D eigenvalue weighted by Crippen LogP contribution is 2.33. The number of nitrogens with zero attached hydrogens (tertiary/aromatic N) is 1. The smallest absolute Gasteiger partial charge is 0.189 e. The quantitative estimate of drug-likeness (QED) is 0.686. The summed E-state index contributed by atoms with van der Waals surface area (Å²) in [5, 5.41) is 1.27. The Kier molecular flexibility index (Phi) is 4.74. The number of hydrogen-bond donors (Lipinski definition) is 1. The van der Waals surface area contributed by atoms with E-state index in [1.807, 2.05) is 19.1 Å². The minimum atomic E-state index is 0.283. The molecule has 18 heavy (non-hydrogen) atoms. The van der Waals surface area contributed by atoms with Gasteiger partial charge in [-0.05, 0) is 19.1 Å². The van der Waals surface area contributed by atoms with Crippen molar-refractivity contribution in [1.82, 2.24) is 0 Å². The first-order chi connectivity index (χ1) is 8.70. The molecular weight excluding hydrogens is 272 g/mol. The second kappa shape index (κ2) is 6.31. The normalized spacial score (nSPS) is 15.1. The van der Waals surface area contributed by atoms with Crippen molar-refractivity contribution in [3.63, 3.8) is 0 Å². The largest absolute Gasteiger partial charge is 0.467 e. The molecule has 0 bridgehead atoms. The SMILES string of the molecule is CCN=C(N)SCc1cc(Cl)cc2c1OCOC2. The van der Waals surface area contributed by atoms with Gasteiger partial charge in [-0.2, -0.15) is 0 Å². The molecule has 0 aromatic heterocycles. The molecule has 1 heterocycles. The van der Waals surface area contributed by atoms with Crippen LogP contribution in [-0.4, -0.2) is 18.5 Å². The summed E-state index contributed by atoms with van der Waals surface area (Å²) in [5.41, 5.74) is 7.77. The topological polar surface area (TPSA) is 56.8 Å². The molecule has 2 N–H and O–H groups in total. The number of hydrogen-bond acceptors (Lipinski definition) is 4. The van der Waals surface area contributed by atoms with Crippen molar-refractivity contribution in [3.05, 3.63) is 28.3 Å². The van der Waals surface area contributed by atoms with E-state index < -0.39 is 0 Å². The Morgan fingerprint density at radius 3 is 3.17 bits per heavy atom. The predicted molar refractivity (Wildman–Crippen MR) is 75.2 cm³/mol. The van der Waals surface area contributed by atoms with Gasteiger partial charge in [-0.15, -0.1) is 0 Å². The third kappa shape index (κ3) is 3.31. The molecule has 2 rings (SSSR count). The van der Waals surface area contributed by atoms with Gasteiger partial charge in [0.05, 0.1) is 6.61 Å². The van der Waals surface area contributed by atoms with Gasteiger partial charge >= 0.3 is 0 Å². The van der Waals surface area contributed by atoms with E-state index in [-0.39, 0.29) is 6.79 Å². The summed E-state index contributed by atoms with van der Waals surface area (Å²) in [6.07, 6.45) is 0. The lowest BCUT2D eigenvalue weighted by atomic mass is 10.1. The lowest BCUT2D eigenvalue weighted by Gasteiger charge is -2.20. The average Bonchev–Trinajstić information content (AvgIpc) is 2.36. The average molecular weight is 287 g/mol. The van der Waals surface area contributed by atoms with E-state index in [2.05, 4.69) is 4.99 Å². The van der Waals surface area contributed by atoms with Crippen LogP contribution in [0.25, 0.3) is 0 Å². The van der Waals surface area contributed by atoms with Crippen molar-refractivity contribution in [3.8, 4) is 5.75 Å². The van der Waals surface area contributed by atoms with Crippen LogP contribution < -0.4 is 10.5 Å². The number of thioether (sulfide) groups is 1. The first-order valence-corrected chi connectivity index (χ1v) is 7.01. The van der Waals surface area contributed by atoms with E-state index in [0.717, 1.165) is 16.9 Å². The van der Waals surface area contributed by atoms with Crippen molar-refractivity contribution in [2.45, 2.75) is 19.3 Å². The monoisotopic (exact) mass is 286 g/mol.